The van der Waals surface area contributed by atoms with E-state index in [0.717, 1.165) is 5.75 Å². The Hall–Kier alpha value is -1.79. The van der Waals surface area contributed by atoms with E-state index in [1.165, 1.54) is 22.7 Å². The lowest BCUT2D eigenvalue weighted by Crippen LogP contribution is -2.14. The fourth-order valence-electron chi connectivity index (χ4n) is 1.77. The highest BCUT2D eigenvalue weighted by molar-refractivity contribution is 7.99. The second-order valence-corrected chi connectivity index (χ2v) is 6.47. The first-order valence-electron chi connectivity index (χ1n) is 6.30. The molecular formula is C15H15NO3S2. The van der Waals surface area contributed by atoms with E-state index < -0.39 is 5.97 Å². The maximum atomic E-state index is 11.8. The molecule has 0 atom stereocenters. The van der Waals surface area contributed by atoms with Crippen LogP contribution in [-0.4, -0.2) is 22.7 Å². The van der Waals surface area contributed by atoms with E-state index >= 15 is 0 Å². The third-order valence-electron chi connectivity index (χ3n) is 2.81. The number of aryl methyl sites for hydroxylation is 1. The number of hydrogen-bond donors (Lipinski definition) is 2. The summed E-state index contributed by atoms with van der Waals surface area (Å²) in [6.07, 6.45) is 0. The molecule has 2 aromatic rings. The van der Waals surface area contributed by atoms with Gasteiger partial charge in [0.05, 0.1) is 11.3 Å². The second-order valence-electron chi connectivity index (χ2n) is 4.46. The van der Waals surface area contributed by atoms with Crippen molar-refractivity contribution in [1.29, 1.82) is 0 Å². The molecule has 0 unspecified atom stereocenters. The summed E-state index contributed by atoms with van der Waals surface area (Å²) in [5.41, 5.74) is 1.39. The Morgan fingerprint density at radius 3 is 2.81 bits per heavy atom. The first kappa shape index (κ1) is 15.6. The van der Waals surface area contributed by atoms with Gasteiger partial charge in [0.25, 0.3) is 0 Å². The third-order valence-corrected chi connectivity index (χ3v) is 4.85. The van der Waals surface area contributed by atoms with Gasteiger partial charge in [-0.15, -0.1) is 23.1 Å². The van der Waals surface area contributed by atoms with E-state index in [1.54, 1.807) is 30.4 Å². The number of rotatable bonds is 6. The minimum Gasteiger partial charge on any atom is -0.478 e. The first-order valence-corrected chi connectivity index (χ1v) is 8.33. The van der Waals surface area contributed by atoms with Crippen molar-refractivity contribution in [3.05, 3.63) is 51.7 Å². The number of amides is 1. The highest BCUT2D eigenvalue weighted by Crippen LogP contribution is 2.18. The van der Waals surface area contributed by atoms with Crippen molar-refractivity contribution < 1.29 is 14.7 Å². The molecule has 0 saturated heterocycles. The van der Waals surface area contributed by atoms with Crippen LogP contribution in [0.4, 0.5) is 5.69 Å². The lowest BCUT2D eigenvalue weighted by Gasteiger charge is -2.07. The van der Waals surface area contributed by atoms with Gasteiger partial charge in [0, 0.05) is 16.3 Å². The Kier molecular flexibility index (Phi) is 5.41. The van der Waals surface area contributed by atoms with Crippen molar-refractivity contribution in [2.75, 3.05) is 11.1 Å². The lowest BCUT2D eigenvalue weighted by molar-refractivity contribution is -0.113. The molecule has 2 N–H and O–H groups in total. The van der Waals surface area contributed by atoms with Crippen LogP contribution in [0.25, 0.3) is 0 Å². The van der Waals surface area contributed by atoms with Gasteiger partial charge in [-0.05, 0) is 36.1 Å². The molecule has 2 rings (SSSR count). The molecule has 0 aliphatic rings. The zero-order valence-corrected chi connectivity index (χ0v) is 13.1. The van der Waals surface area contributed by atoms with Gasteiger partial charge in [-0.1, -0.05) is 12.1 Å². The molecule has 21 heavy (non-hydrogen) atoms. The molecule has 0 saturated carbocycles. The number of benzene rings is 1. The summed E-state index contributed by atoms with van der Waals surface area (Å²) < 4.78 is 0. The molecule has 0 aliphatic carbocycles. The summed E-state index contributed by atoms with van der Waals surface area (Å²) in [5, 5.41) is 13.8. The van der Waals surface area contributed by atoms with Gasteiger partial charge in [0.15, 0.2) is 0 Å². The van der Waals surface area contributed by atoms with Gasteiger partial charge in [-0.25, -0.2) is 4.79 Å². The van der Waals surface area contributed by atoms with Crippen molar-refractivity contribution >= 4 is 40.7 Å². The number of carbonyl (C=O) groups excluding carboxylic acids is 1. The molecule has 110 valence electrons. The standard InChI is InChI=1S/C15H15NO3S2/c1-10-4-5-11(7-13(10)15(18)19)16-14(17)9-20-8-12-3-2-6-21-12/h2-7H,8-9H2,1H3,(H,16,17)(H,18,19). The molecule has 1 heterocycles. The summed E-state index contributed by atoms with van der Waals surface area (Å²) in [6.45, 7) is 1.73. The van der Waals surface area contributed by atoms with Crippen LogP contribution in [0.15, 0.2) is 35.7 Å². The van der Waals surface area contributed by atoms with Crippen LogP contribution in [0.5, 0.6) is 0 Å². The number of carboxylic acid groups (broad SMARTS) is 1. The number of aromatic carboxylic acids is 1. The third kappa shape index (κ3) is 4.61. The van der Waals surface area contributed by atoms with Gasteiger partial charge < -0.3 is 10.4 Å². The van der Waals surface area contributed by atoms with Gasteiger partial charge in [-0.3, -0.25) is 4.79 Å². The summed E-state index contributed by atoms with van der Waals surface area (Å²) in [4.78, 5) is 24.1. The van der Waals surface area contributed by atoms with E-state index in [0.29, 0.717) is 17.0 Å². The summed E-state index contributed by atoms with van der Waals surface area (Å²) in [7, 11) is 0. The average Bonchev–Trinajstić information content (AvgIpc) is 2.94. The monoisotopic (exact) mass is 321 g/mol. The van der Waals surface area contributed by atoms with Crippen LogP contribution in [0.2, 0.25) is 0 Å². The summed E-state index contributed by atoms with van der Waals surface area (Å²) in [5.74, 6) is 0.0282. The van der Waals surface area contributed by atoms with E-state index in [1.807, 2.05) is 17.5 Å². The Bertz CT molecular complexity index is 638. The zero-order valence-electron chi connectivity index (χ0n) is 11.5. The van der Waals surface area contributed by atoms with Crippen molar-refractivity contribution in [3.8, 4) is 0 Å². The predicted octanol–water partition coefficient (Wildman–Crippen LogP) is 3.63. The maximum absolute atomic E-state index is 11.8. The van der Waals surface area contributed by atoms with Gasteiger partial charge in [0.1, 0.15) is 0 Å². The number of carbonyl (C=O) groups is 2. The van der Waals surface area contributed by atoms with E-state index in [2.05, 4.69) is 5.32 Å². The number of hydrogen-bond acceptors (Lipinski definition) is 4. The normalized spacial score (nSPS) is 10.3. The van der Waals surface area contributed by atoms with Crippen molar-refractivity contribution in [2.24, 2.45) is 0 Å². The number of thiophene rings is 1. The van der Waals surface area contributed by atoms with E-state index in [9.17, 15) is 9.59 Å². The van der Waals surface area contributed by atoms with Crippen LogP contribution in [0.1, 0.15) is 20.8 Å². The molecule has 0 bridgehead atoms. The molecule has 0 aliphatic heterocycles. The quantitative estimate of drug-likeness (QED) is 0.852. The highest BCUT2D eigenvalue weighted by atomic mass is 32.2. The highest BCUT2D eigenvalue weighted by Gasteiger charge is 2.09. The zero-order chi connectivity index (χ0) is 15.2. The topological polar surface area (TPSA) is 66.4 Å². The smallest absolute Gasteiger partial charge is 0.336 e. The van der Waals surface area contributed by atoms with E-state index in [4.69, 9.17) is 5.11 Å². The van der Waals surface area contributed by atoms with Crippen LogP contribution in [0, 0.1) is 6.92 Å². The Morgan fingerprint density at radius 1 is 1.33 bits per heavy atom. The Labute approximate surface area is 131 Å². The van der Waals surface area contributed by atoms with Crippen LogP contribution in [0.3, 0.4) is 0 Å². The first-order chi connectivity index (χ1) is 10.1. The van der Waals surface area contributed by atoms with Crippen LogP contribution >= 0.6 is 23.1 Å². The largest absolute Gasteiger partial charge is 0.478 e. The van der Waals surface area contributed by atoms with Crippen LogP contribution in [-0.2, 0) is 10.5 Å². The number of anilines is 1. The summed E-state index contributed by atoms with van der Waals surface area (Å²) >= 11 is 3.20. The van der Waals surface area contributed by atoms with Crippen molar-refractivity contribution in [1.82, 2.24) is 0 Å². The van der Waals surface area contributed by atoms with Gasteiger partial charge >= 0.3 is 5.97 Å². The Balaban J connectivity index is 1.87. The number of carboxylic acids is 1. The maximum Gasteiger partial charge on any atom is 0.336 e. The van der Waals surface area contributed by atoms with Gasteiger partial charge in [0.2, 0.25) is 5.91 Å². The minimum absolute atomic E-state index is 0.128. The second kappa shape index (κ2) is 7.28. The van der Waals surface area contributed by atoms with Gasteiger partial charge in [-0.2, -0.15) is 0 Å². The molecule has 0 fully saturated rings. The molecule has 1 amide bonds. The molecule has 1 aromatic heterocycles. The summed E-state index contributed by atoms with van der Waals surface area (Å²) in [6, 6.07) is 8.91. The molecule has 0 spiro atoms. The average molecular weight is 321 g/mol. The van der Waals surface area contributed by atoms with Crippen molar-refractivity contribution in [2.45, 2.75) is 12.7 Å². The molecule has 1 aromatic carbocycles. The van der Waals surface area contributed by atoms with Crippen LogP contribution < -0.4 is 5.32 Å². The Morgan fingerprint density at radius 2 is 2.14 bits per heavy atom. The fraction of sp³-hybridized carbons (Fsp3) is 0.200. The number of nitrogens with one attached hydrogen (secondary N) is 1. The lowest BCUT2D eigenvalue weighted by atomic mass is 10.1. The van der Waals surface area contributed by atoms with E-state index in [-0.39, 0.29) is 11.5 Å². The van der Waals surface area contributed by atoms with Crippen molar-refractivity contribution in [3.63, 3.8) is 0 Å². The predicted molar refractivity (Wildman–Crippen MR) is 87.2 cm³/mol. The number of thioether (sulfide) groups is 1. The minimum atomic E-state index is -0.990. The molecular weight excluding hydrogens is 306 g/mol. The molecule has 6 heteroatoms. The molecule has 4 nitrogen and oxygen atoms in total. The fourth-order valence-corrected chi connectivity index (χ4v) is 3.43. The molecule has 0 radical (unpaired) electrons. The SMILES string of the molecule is Cc1ccc(NC(=O)CSCc2cccs2)cc1C(=O)O.